The largest absolute Gasteiger partial charge is 0.444 e. The van der Waals surface area contributed by atoms with Crippen LogP contribution in [0.2, 0.25) is 5.15 Å². The van der Waals surface area contributed by atoms with Crippen LogP contribution in [0.25, 0.3) is 0 Å². The molecule has 5 nitrogen and oxygen atoms in total. The number of aryl methyl sites for hydroxylation is 2. The fraction of sp³-hybridized carbons (Fsp3) is 0.250. The van der Waals surface area contributed by atoms with E-state index in [1.165, 1.54) is 6.07 Å². The van der Waals surface area contributed by atoms with Crippen molar-refractivity contribution in [2.45, 2.75) is 20.4 Å². The quantitative estimate of drug-likeness (QED) is 0.861. The molecular weight excluding hydrogens is 252 g/mol. The maximum absolute atomic E-state index is 8.82. The first-order chi connectivity index (χ1) is 8.58. The Morgan fingerprint density at radius 3 is 2.78 bits per heavy atom. The minimum absolute atomic E-state index is 0.274. The number of pyridine rings is 1. The molecule has 0 fully saturated rings. The van der Waals surface area contributed by atoms with Gasteiger partial charge in [0.25, 0.3) is 0 Å². The molecule has 0 bridgehead atoms. The van der Waals surface area contributed by atoms with E-state index in [2.05, 4.69) is 15.3 Å². The van der Waals surface area contributed by atoms with E-state index in [9.17, 15) is 0 Å². The summed E-state index contributed by atoms with van der Waals surface area (Å²) in [4.78, 5) is 8.30. The number of hydrogen-bond donors (Lipinski definition) is 1. The summed E-state index contributed by atoms with van der Waals surface area (Å²) in [5, 5.41) is 12.1. The lowest BCUT2D eigenvalue weighted by molar-refractivity contribution is 0.478. The summed E-state index contributed by atoms with van der Waals surface area (Å²) in [5.74, 6) is 1.89. The third kappa shape index (κ3) is 2.79. The van der Waals surface area contributed by atoms with Gasteiger partial charge in [-0.25, -0.2) is 9.97 Å². The molecule has 0 spiro atoms. The number of rotatable bonds is 3. The molecule has 0 aliphatic heterocycles. The highest BCUT2D eigenvalue weighted by molar-refractivity contribution is 6.29. The molecule has 2 heterocycles. The summed E-state index contributed by atoms with van der Waals surface area (Å²) >= 11 is 5.80. The highest BCUT2D eigenvalue weighted by Crippen LogP contribution is 2.15. The highest BCUT2D eigenvalue weighted by Gasteiger charge is 2.06. The van der Waals surface area contributed by atoms with E-state index in [1.807, 2.05) is 19.9 Å². The Morgan fingerprint density at radius 1 is 1.39 bits per heavy atom. The SMILES string of the molecule is Cc1nc(CNc2cc(C#N)cc(Cl)n2)oc1C. The number of aromatic nitrogens is 2. The Bertz CT molecular complexity index is 596. The molecule has 6 heteroatoms. The van der Waals surface area contributed by atoms with E-state index in [4.69, 9.17) is 21.3 Å². The molecule has 0 aromatic carbocycles. The Kier molecular flexibility index (Phi) is 3.49. The van der Waals surface area contributed by atoms with Crippen LogP contribution in [0.3, 0.4) is 0 Å². The van der Waals surface area contributed by atoms with Crippen molar-refractivity contribution >= 4 is 17.4 Å². The fourth-order valence-corrected chi connectivity index (χ4v) is 1.64. The van der Waals surface area contributed by atoms with Gasteiger partial charge in [-0.05, 0) is 26.0 Å². The second-order valence-electron chi connectivity index (χ2n) is 3.78. The molecule has 0 saturated heterocycles. The maximum atomic E-state index is 8.82. The number of nitriles is 1. The molecule has 0 saturated carbocycles. The van der Waals surface area contributed by atoms with Crippen LogP contribution in [0, 0.1) is 25.2 Å². The Morgan fingerprint density at radius 2 is 2.17 bits per heavy atom. The van der Waals surface area contributed by atoms with Gasteiger partial charge >= 0.3 is 0 Å². The molecule has 0 aliphatic carbocycles. The average Bonchev–Trinajstić information content (AvgIpc) is 2.65. The zero-order valence-electron chi connectivity index (χ0n) is 9.99. The van der Waals surface area contributed by atoms with Crippen molar-refractivity contribution < 1.29 is 4.42 Å². The van der Waals surface area contributed by atoms with Crippen molar-refractivity contribution in [1.82, 2.24) is 9.97 Å². The number of halogens is 1. The van der Waals surface area contributed by atoms with Gasteiger partial charge in [0.15, 0.2) is 0 Å². The normalized spacial score (nSPS) is 10.1. The molecule has 0 aliphatic rings. The lowest BCUT2D eigenvalue weighted by Crippen LogP contribution is -2.02. The van der Waals surface area contributed by atoms with Gasteiger partial charge in [-0.3, -0.25) is 0 Å². The lowest BCUT2D eigenvalue weighted by atomic mass is 10.3. The van der Waals surface area contributed by atoms with Crippen molar-refractivity contribution in [1.29, 1.82) is 5.26 Å². The first kappa shape index (κ1) is 12.4. The van der Waals surface area contributed by atoms with E-state index in [-0.39, 0.29) is 5.15 Å². The number of nitrogens with one attached hydrogen (secondary N) is 1. The topological polar surface area (TPSA) is 74.7 Å². The summed E-state index contributed by atoms with van der Waals surface area (Å²) in [6.45, 7) is 4.14. The monoisotopic (exact) mass is 262 g/mol. The fourth-order valence-electron chi connectivity index (χ4n) is 1.43. The van der Waals surface area contributed by atoms with Gasteiger partial charge in [-0.15, -0.1) is 0 Å². The van der Waals surface area contributed by atoms with Crippen LogP contribution in [-0.2, 0) is 6.54 Å². The van der Waals surface area contributed by atoms with Crippen LogP contribution in [0.1, 0.15) is 22.9 Å². The van der Waals surface area contributed by atoms with Gasteiger partial charge in [0.05, 0.1) is 23.9 Å². The van der Waals surface area contributed by atoms with Gasteiger partial charge in [-0.2, -0.15) is 5.26 Å². The molecule has 1 N–H and O–H groups in total. The zero-order valence-corrected chi connectivity index (χ0v) is 10.7. The van der Waals surface area contributed by atoms with Gasteiger partial charge in [0, 0.05) is 0 Å². The van der Waals surface area contributed by atoms with Crippen LogP contribution in [-0.4, -0.2) is 9.97 Å². The molecule has 0 atom stereocenters. The second kappa shape index (κ2) is 5.07. The third-order valence-electron chi connectivity index (χ3n) is 2.42. The predicted octanol–water partition coefficient (Wildman–Crippen LogP) is 2.82. The molecular formula is C12H11ClN4O. The number of oxazole rings is 1. The molecule has 92 valence electrons. The van der Waals surface area contributed by atoms with Crippen LogP contribution in [0.5, 0.6) is 0 Å². The molecule has 2 aromatic rings. The minimum atomic E-state index is 0.274. The van der Waals surface area contributed by atoms with E-state index in [0.717, 1.165) is 11.5 Å². The molecule has 2 aromatic heterocycles. The summed E-state index contributed by atoms with van der Waals surface area (Å²) in [7, 11) is 0. The molecule has 18 heavy (non-hydrogen) atoms. The maximum Gasteiger partial charge on any atom is 0.213 e. The minimum Gasteiger partial charge on any atom is -0.444 e. The standard InChI is InChI=1S/C12H11ClN4O/c1-7-8(2)18-12(16-7)6-15-11-4-9(5-14)3-10(13)17-11/h3-4H,6H2,1-2H3,(H,15,17). The van der Waals surface area contributed by atoms with Crippen LogP contribution < -0.4 is 5.32 Å². The first-order valence-electron chi connectivity index (χ1n) is 5.33. The first-order valence-corrected chi connectivity index (χ1v) is 5.71. The summed E-state index contributed by atoms with van der Waals surface area (Å²) in [6, 6.07) is 5.14. The predicted molar refractivity (Wildman–Crippen MR) is 67.3 cm³/mol. The van der Waals surface area contributed by atoms with Crippen LogP contribution >= 0.6 is 11.6 Å². The lowest BCUT2D eigenvalue weighted by Gasteiger charge is -2.03. The Labute approximate surface area is 109 Å². The third-order valence-corrected chi connectivity index (χ3v) is 2.61. The summed E-state index contributed by atoms with van der Waals surface area (Å²) in [6.07, 6.45) is 0. The van der Waals surface area contributed by atoms with Gasteiger partial charge in [-0.1, -0.05) is 11.6 Å². The number of anilines is 1. The molecule has 0 radical (unpaired) electrons. The van der Waals surface area contributed by atoms with Crippen molar-refractivity contribution in [2.75, 3.05) is 5.32 Å². The van der Waals surface area contributed by atoms with Crippen molar-refractivity contribution in [3.63, 3.8) is 0 Å². The van der Waals surface area contributed by atoms with Crippen molar-refractivity contribution in [3.05, 3.63) is 40.2 Å². The average molecular weight is 263 g/mol. The second-order valence-corrected chi connectivity index (χ2v) is 4.17. The van der Waals surface area contributed by atoms with E-state index < -0.39 is 0 Å². The van der Waals surface area contributed by atoms with Crippen molar-refractivity contribution in [3.8, 4) is 6.07 Å². The van der Waals surface area contributed by atoms with E-state index >= 15 is 0 Å². The van der Waals surface area contributed by atoms with Crippen molar-refractivity contribution in [2.24, 2.45) is 0 Å². The van der Waals surface area contributed by atoms with Crippen LogP contribution in [0.4, 0.5) is 5.82 Å². The summed E-state index contributed by atoms with van der Waals surface area (Å²) in [5.41, 5.74) is 1.32. The molecule has 2 rings (SSSR count). The Balaban J connectivity index is 2.11. The van der Waals surface area contributed by atoms with E-state index in [1.54, 1.807) is 6.07 Å². The zero-order chi connectivity index (χ0) is 13.1. The Hall–Kier alpha value is -2.06. The van der Waals surface area contributed by atoms with Crippen LogP contribution in [0.15, 0.2) is 16.5 Å². The van der Waals surface area contributed by atoms with E-state index in [0.29, 0.717) is 23.8 Å². The molecule has 0 unspecified atom stereocenters. The van der Waals surface area contributed by atoms with Gasteiger partial charge in [0.1, 0.15) is 16.7 Å². The smallest absolute Gasteiger partial charge is 0.213 e. The number of hydrogen-bond acceptors (Lipinski definition) is 5. The van der Waals surface area contributed by atoms with Gasteiger partial charge in [0.2, 0.25) is 5.89 Å². The number of nitrogens with zero attached hydrogens (tertiary/aromatic N) is 3. The summed E-state index contributed by atoms with van der Waals surface area (Å²) < 4.78 is 5.42. The highest BCUT2D eigenvalue weighted by atomic mass is 35.5. The molecule has 0 amide bonds. The van der Waals surface area contributed by atoms with Gasteiger partial charge < -0.3 is 9.73 Å².